The van der Waals surface area contributed by atoms with Gasteiger partial charge in [-0.3, -0.25) is 9.69 Å². The number of likely N-dealkylation sites (N-methyl/N-ethyl adjacent to an activating group) is 1. The van der Waals surface area contributed by atoms with Gasteiger partial charge in [-0.05, 0) is 19.4 Å². The van der Waals surface area contributed by atoms with Gasteiger partial charge in [-0.1, -0.05) is 13.0 Å². The number of ether oxygens (including phenoxy) is 1. The average Bonchev–Trinajstić information content (AvgIpc) is 2.46. The summed E-state index contributed by atoms with van der Waals surface area (Å²) >= 11 is 0. The van der Waals surface area contributed by atoms with Gasteiger partial charge < -0.3 is 10.5 Å². The van der Waals surface area contributed by atoms with Crippen LogP contribution in [-0.2, 0) is 20.5 Å². The van der Waals surface area contributed by atoms with Crippen molar-refractivity contribution >= 4 is 16.9 Å². The molecule has 116 valence electrons. The van der Waals surface area contributed by atoms with Crippen molar-refractivity contribution in [3.05, 3.63) is 12.7 Å². The van der Waals surface area contributed by atoms with Gasteiger partial charge in [-0.2, -0.15) is 0 Å². The first-order valence-corrected chi connectivity index (χ1v) is 8.08. The SMILES string of the molecule is C=CCN(CC)CCNS(=O)C1(C(N)=O)CCOCC1. The number of rotatable bonds is 9. The lowest BCUT2D eigenvalue weighted by Gasteiger charge is -2.33. The molecule has 0 aromatic carbocycles. The van der Waals surface area contributed by atoms with E-state index in [1.165, 1.54) is 0 Å². The molecule has 20 heavy (non-hydrogen) atoms. The molecule has 1 rings (SSSR count). The zero-order valence-corrected chi connectivity index (χ0v) is 12.9. The predicted octanol–water partition coefficient (Wildman–Crippen LogP) is -0.218. The third-order valence-electron chi connectivity index (χ3n) is 3.60. The number of hydrogen-bond donors (Lipinski definition) is 2. The molecule has 1 heterocycles. The molecule has 1 unspecified atom stereocenters. The molecule has 0 bridgehead atoms. The predicted molar refractivity (Wildman–Crippen MR) is 80.4 cm³/mol. The highest BCUT2D eigenvalue weighted by Crippen LogP contribution is 2.26. The molecule has 1 fully saturated rings. The highest BCUT2D eigenvalue weighted by molar-refractivity contribution is 7.85. The van der Waals surface area contributed by atoms with Gasteiger partial charge in [0, 0.05) is 32.8 Å². The van der Waals surface area contributed by atoms with Gasteiger partial charge in [0.1, 0.15) is 15.7 Å². The lowest BCUT2D eigenvalue weighted by molar-refractivity contribution is -0.122. The molecule has 1 atom stereocenters. The van der Waals surface area contributed by atoms with Crippen molar-refractivity contribution in [2.75, 3.05) is 39.4 Å². The number of hydrogen-bond acceptors (Lipinski definition) is 4. The van der Waals surface area contributed by atoms with Gasteiger partial charge in [0.25, 0.3) is 0 Å². The molecular weight excluding hydrogens is 278 g/mol. The van der Waals surface area contributed by atoms with Crippen molar-refractivity contribution in [3.8, 4) is 0 Å². The maximum atomic E-state index is 12.4. The summed E-state index contributed by atoms with van der Waals surface area (Å²) in [5.41, 5.74) is 5.46. The number of amides is 1. The Balaban J connectivity index is 2.51. The van der Waals surface area contributed by atoms with Crippen LogP contribution in [0.1, 0.15) is 19.8 Å². The van der Waals surface area contributed by atoms with E-state index in [-0.39, 0.29) is 0 Å². The van der Waals surface area contributed by atoms with E-state index in [4.69, 9.17) is 10.5 Å². The lowest BCUT2D eigenvalue weighted by atomic mass is 9.98. The van der Waals surface area contributed by atoms with E-state index in [2.05, 4.69) is 23.1 Å². The van der Waals surface area contributed by atoms with Gasteiger partial charge in [-0.25, -0.2) is 8.93 Å². The normalized spacial score (nSPS) is 19.7. The van der Waals surface area contributed by atoms with Gasteiger partial charge in [0.2, 0.25) is 5.91 Å². The number of primary amides is 1. The second-order valence-electron chi connectivity index (χ2n) is 4.82. The Morgan fingerprint density at radius 2 is 2.20 bits per heavy atom. The molecule has 1 saturated heterocycles. The fourth-order valence-electron chi connectivity index (χ4n) is 2.22. The minimum atomic E-state index is -1.47. The van der Waals surface area contributed by atoms with E-state index in [1.807, 2.05) is 6.08 Å². The van der Waals surface area contributed by atoms with E-state index in [0.29, 0.717) is 32.6 Å². The van der Waals surface area contributed by atoms with Crippen LogP contribution in [0, 0.1) is 0 Å². The molecule has 0 aromatic rings. The molecule has 1 aliphatic heterocycles. The first kappa shape index (κ1) is 17.3. The van der Waals surface area contributed by atoms with Crippen LogP contribution in [0.5, 0.6) is 0 Å². The van der Waals surface area contributed by atoms with Crippen molar-refractivity contribution in [1.82, 2.24) is 9.62 Å². The third-order valence-corrected chi connectivity index (χ3v) is 5.39. The standard InChI is InChI=1S/C13H25N3O3S/c1-3-8-16(4-2)9-7-15-20(18)13(12(14)17)5-10-19-11-6-13/h3,15H,1,4-11H2,2H3,(H2,14,17). The summed E-state index contributed by atoms with van der Waals surface area (Å²) in [4.78, 5) is 13.8. The number of nitrogens with zero attached hydrogens (tertiary/aromatic N) is 1. The molecular formula is C13H25N3O3S. The lowest BCUT2D eigenvalue weighted by Crippen LogP contribution is -2.55. The average molecular weight is 303 g/mol. The third kappa shape index (κ3) is 4.37. The zero-order valence-electron chi connectivity index (χ0n) is 12.1. The molecule has 0 aliphatic carbocycles. The molecule has 1 aliphatic rings. The van der Waals surface area contributed by atoms with Crippen LogP contribution in [0.3, 0.4) is 0 Å². The fourth-order valence-corrected chi connectivity index (χ4v) is 3.49. The van der Waals surface area contributed by atoms with Crippen molar-refractivity contribution in [1.29, 1.82) is 0 Å². The topological polar surface area (TPSA) is 84.7 Å². The second-order valence-corrected chi connectivity index (χ2v) is 6.42. The number of carbonyl (C=O) groups is 1. The van der Waals surface area contributed by atoms with Crippen molar-refractivity contribution < 1.29 is 13.7 Å². The summed E-state index contributed by atoms with van der Waals surface area (Å²) in [6.07, 6.45) is 2.65. The Hall–Kier alpha value is -0.760. The Kier molecular flexibility index (Phi) is 7.36. The quantitative estimate of drug-likeness (QED) is 0.577. The van der Waals surface area contributed by atoms with Crippen LogP contribution >= 0.6 is 0 Å². The Morgan fingerprint density at radius 1 is 1.55 bits per heavy atom. The number of nitrogens with two attached hydrogens (primary N) is 1. The Morgan fingerprint density at radius 3 is 2.70 bits per heavy atom. The van der Waals surface area contributed by atoms with Crippen LogP contribution in [0.15, 0.2) is 12.7 Å². The maximum Gasteiger partial charge on any atom is 0.237 e. The summed E-state index contributed by atoms with van der Waals surface area (Å²) in [5.74, 6) is -0.509. The van der Waals surface area contributed by atoms with Gasteiger partial charge in [0.15, 0.2) is 0 Å². The van der Waals surface area contributed by atoms with Crippen LogP contribution in [0.2, 0.25) is 0 Å². The largest absolute Gasteiger partial charge is 0.381 e. The van der Waals surface area contributed by atoms with E-state index in [1.54, 1.807) is 0 Å². The first-order valence-electron chi connectivity index (χ1n) is 6.93. The van der Waals surface area contributed by atoms with Gasteiger partial charge in [-0.15, -0.1) is 6.58 Å². The van der Waals surface area contributed by atoms with E-state index in [0.717, 1.165) is 19.6 Å². The number of carbonyl (C=O) groups excluding carboxylic acids is 1. The molecule has 6 nitrogen and oxygen atoms in total. The van der Waals surface area contributed by atoms with Gasteiger partial charge >= 0.3 is 0 Å². The first-order chi connectivity index (χ1) is 9.56. The summed E-state index contributed by atoms with van der Waals surface area (Å²) in [6, 6.07) is 0. The molecule has 3 N–H and O–H groups in total. The van der Waals surface area contributed by atoms with Crippen LogP contribution in [0.4, 0.5) is 0 Å². The van der Waals surface area contributed by atoms with Crippen molar-refractivity contribution in [2.24, 2.45) is 5.73 Å². The summed E-state index contributed by atoms with van der Waals surface area (Å²) in [7, 11) is -1.47. The molecule has 0 aromatic heterocycles. The smallest absolute Gasteiger partial charge is 0.237 e. The second kappa shape index (κ2) is 8.51. The summed E-state index contributed by atoms with van der Waals surface area (Å²) in [6.45, 7) is 9.60. The zero-order chi connectivity index (χ0) is 15.0. The van der Waals surface area contributed by atoms with Crippen molar-refractivity contribution in [2.45, 2.75) is 24.5 Å². The fraction of sp³-hybridized carbons (Fsp3) is 0.769. The van der Waals surface area contributed by atoms with Crippen LogP contribution < -0.4 is 10.5 Å². The molecule has 7 heteroatoms. The molecule has 1 amide bonds. The molecule has 0 radical (unpaired) electrons. The van der Waals surface area contributed by atoms with E-state index < -0.39 is 21.6 Å². The summed E-state index contributed by atoms with van der Waals surface area (Å²) < 4.78 is 19.6. The molecule has 0 spiro atoms. The van der Waals surface area contributed by atoms with E-state index in [9.17, 15) is 9.00 Å². The number of nitrogens with one attached hydrogen (secondary N) is 1. The minimum absolute atomic E-state index is 0.409. The Labute approximate surface area is 123 Å². The summed E-state index contributed by atoms with van der Waals surface area (Å²) in [5, 5.41) is 0. The highest BCUT2D eigenvalue weighted by Gasteiger charge is 2.44. The van der Waals surface area contributed by atoms with Crippen molar-refractivity contribution in [3.63, 3.8) is 0 Å². The van der Waals surface area contributed by atoms with Crippen LogP contribution in [-0.4, -0.2) is 59.2 Å². The maximum absolute atomic E-state index is 12.4. The molecule has 0 saturated carbocycles. The van der Waals surface area contributed by atoms with Gasteiger partial charge in [0.05, 0.1) is 0 Å². The Bertz CT molecular complexity index is 357. The van der Waals surface area contributed by atoms with Crippen LogP contribution in [0.25, 0.3) is 0 Å². The minimum Gasteiger partial charge on any atom is -0.381 e. The monoisotopic (exact) mass is 303 g/mol. The van der Waals surface area contributed by atoms with E-state index >= 15 is 0 Å². The highest BCUT2D eigenvalue weighted by atomic mass is 32.2.